The van der Waals surface area contributed by atoms with Crippen LogP contribution < -0.4 is 10.9 Å². The summed E-state index contributed by atoms with van der Waals surface area (Å²) < 4.78 is 8.21. The molecule has 1 N–H and O–H groups in total. The van der Waals surface area contributed by atoms with Crippen molar-refractivity contribution in [3.05, 3.63) is 88.7 Å². The predicted molar refractivity (Wildman–Crippen MR) is 123 cm³/mol. The Morgan fingerprint density at radius 3 is 2.48 bits per heavy atom. The average Bonchev–Trinajstić information content (AvgIpc) is 3.24. The van der Waals surface area contributed by atoms with Crippen molar-refractivity contribution in [1.29, 1.82) is 0 Å². The van der Waals surface area contributed by atoms with Crippen LogP contribution in [-0.4, -0.2) is 37.6 Å². The van der Waals surface area contributed by atoms with Crippen LogP contribution in [0.1, 0.15) is 29.3 Å². The monoisotopic (exact) mass is 445 g/mol. The van der Waals surface area contributed by atoms with Crippen LogP contribution in [0.3, 0.4) is 0 Å². The van der Waals surface area contributed by atoms with E-state index in [1.165, 1.54) is 17.2 Å². The molecule has 2 aromatic heterocycles. The number of nitrogens with one attached hydrogen (secondary N) is 1. The number of carbonyl (C=O) groups excluding carboxylic acids is 2. The first-order valence-electron chi connectivity index (χ1n) is 10.6. The molecule has 0 spiro atoms. The number of hydrogen-bond donors (Lipinski definition) is 1. The fourth-order valence-electron chi connectivity index (χ4n) is 3.44. The highest BCUT2D eigenvalue weighted by Gasteiger charge is 2.15. The van der Waals surface area contributed by atoms with E-state index in [1.807, 2.05) is 30.3 Å². The van der Waals surface area contributed by atoms with E-state index in [0.29, 0.717) is 23.4 Å². The number of aryl methyl sites for hydroxylation is 1. The number of para-hydroxylation sites is 1. The van der Waals surface area contributed by atoms with Crippen molar-refractivity contribution in [3.63, 3.8) is 0 Å². The Morgan fingerprint density at radius 1 is 0.970 bits per heavy atom. The molecule has 33 heavy (non-hydrogen) atoms. The summed E-state index contributed by atoms with van der Waals surface area (Å²) in [4.78, 5) is 46.0. The number of amides is 1. The van der Waals surface area contributed by atoms with Gasteiger partial charge in [0.1, 0.15) is 6.33 Å². The Kier molecular flexibility index (Phi) is 6.58. The van der Waals surface area contributed by atoms with Gasteiger partial charge in [0.2, 0.25) is 5.91 Å². The zero-order valence-corrected chi connectivity index (χ0v) is 18.1. The molecule has 2 aromatic carbocycles. The molecule has 4 rings (SSSR count). The number of benzene rings is 2. The number of esters is 1. The Morgan fingerprint density at radius 2 is 1.70 bits per heavy atom. The van der Waals surface area contributed by atoms with Crippen molar-refractivity contribution < 1.29 is 14.3 Å². The van der Waals surface area contributed by atoms with Crippen LogP contribution in [0, 0.1) is 0 Å². The maximum Gasteiger partial charge on any atom is 0.340 e. The van der Waals surface area contributed by atoms with E-state index in [-0.39, 0.29) is 36.6 Å². The molecule has 0 aliphatic carbocycles. The molecular weight excluding hydrogens is 422 g/mol. The number of ether oxygens (including phenoxy) is 1. The van der Waals surface area contributed by atoms with E-state index >= 15 is 0 Å². The van der Waals surface area contributed by atoms with Gasteiger partial charge in [-0.25, -0.2) is 14.8 Å². The largest absolute Gasteiger partial charge is 0.462 e. The van der Waals surface area contributed by atoms with Crippen molar-refractivity contribution in [3.8, 4) is 0 Å². The van der Waals surface area contributed by atoms with Crippen LogP contribution in [-0.2, 0) is 22.6 Å². The summed E-state index contributed by atoms with van der Waals surface area (Å²) in [5.41, 5.74) is 2.10. The van der Waals surface area contributed by atoms with Crippen molar-refractivity contribution in [1.82, 2.24) is 19.1 Å². The average molecular weight is 445 g/mol. The molecule has 4 aromatic rings. The molecule has 9 heteroatoms. The zero-order valence-electron chi connectivity index (χ0n) is 18.1. The molecule has 2 heterocycles. The maximum absolute atomic E-state index is 12.8. The number of carbonyl (C=O) groups is 2. The smallest absolute Gasteiger partial charge is 0.340 e. The van der Waals surface area contributed by atoms with E-state index in [0.717, 1.165) is 5.56 Å². The summed E-state index contributed by atoms with van der Waals surface area (Å²) in [5, 5.41) is 2.75. The number of imidazole rings is 1. The Bertz CT molecular complexity index is 1340. The van der Waals surface area contributed by atoms with E-state index in [4.69, 9.17) is 4.74 Å². The highest BCUT2D eigenvalue weighted by molar-refractivity contribution is 6.01. The number of aromatic nitrogens is 4. The Hall–Kier alpha value is -4.27. The molecule has 0 unspecified atom stereocenters. The first-order chi connectivity index (χ1) is 16.1. The molecule has 0 saturated carbocycles. The quantitative estimate of drug-likeness (QED) is 0.418. The van der Waals surface area contributed by atoms with E-state index < -0.39 is 5.97 Å². The van der Waals surface area contributed by atoms with Gasteiger partial charge in [0.25, 0.3) is 5.56 Å². The van der Waals surface area contributed by atoms with Gasteiger partial charge >= 0.3 is 5.97 Å². The number of nitrogens with zero attached hydrogens (tertiary/aromatic N) is 4. The fraction of sp³-hybridized carbons (Fsp3) is 0.208. The fourth-order valence-corrected chi connectivity index (χ4v) is 3.44. The van der Waals surface area contributed by atoms with Crippen LogP contribution in [0.5, 0.6) is 0 Å². The molecule has 0 aliphatic rings. The third-order valence-electron chi connectivity index (χ3n) is 5.06. The molecule has 0 aliphatic heterocycles. The van der Waals surface area contributed by atoms with Gasteiger partial charge < -0.3 is 14.6 Å². The molecule has 0 fully saturated rings. The van der Waals surface area contributed by atoms with Crippen LogP contribution in [0.25, 0.3) is 11.2 Å². The predicted octanol–water partition coefficient (Wildman–Crippen LogP) is 2.85. The molecule has 168 valence electrons. The minimum atomic E-state index is -0.495. The molecule has 9 nitrogen and oxygen atoms in total. The second-order valence-corrected chi connectivity index (χ2v) is 7.34. The molecule has 0 atom stereocenters. The van der Waals surface area contributed by atoms with Crippen molar-refractivity contribution in [2.24, 2.45) is 0 Å². The minimum Gasteiger partial charge on any atom is -0.462 e. The summed E-state index contributed by atoms with van der Waals surface area (Å²) in [6.45, 7) is 2.64. The summed E-state index contributed by atoms with van der Waals surface area (Å²) in [6.07, 6.45) is 3.11. The summed E-state index contributed by atoms with van der Waals surface area (Å²) in [7, 11) is 0. The van der Waals surface area contributed by atoms with Crippen LogP contribution in [0.15, 0.2) is 72.0 Å². The van der Waals surface area contributed by atoms with Gasteiger partial charge in [-0.05, 0) is 24.6 Å². The highest BCUT2D eigenvalue weighted by atomic mass is 16.5. The molecular formula is C24H23N5O4. The van der Waals surface area contributed by atoms with Crippen LogP contribution in [0.2, 0.25) is 0 Å². The van der Waals surface area contributed by atoms with Gasteiger partial charge in [-0.1, -0.05) is 42.5 Å². The first kappa shape index (κ1) is 21.9. The summed E-state index contributed by atoms with van der Waals surface area (Å²) in [6, 6.07) is 16.3. The van der Waals surface area contributed by atoms with Gasteiger partial charge in [-0.2, -0.15) is 0 Å². The molecule has 0 saturated heterocycles. The van der Waals surface area contributed by atoms with Crippen molar-refractivity contribution >= 4 is 28.7 Å². The first-order valence-corrected chi connectivity index (χ1v) is 10.6. The Balaban J connectivity index is 1.45. The number of hydrogen-bond acceptors (Lipinski definition) is 6. The standard InChI is InChI=1S/C24H23N5O4/c1-2-33-24(32)18-10-6-7-11-19(18)27-20(30)12-13-28-15-25-21-22(28)26-16-29(23(21)31)14-17-8-4-3-5-9-17/h3-11,15-16H,2,12-14H2,1H3,(H,27,30). The van der Waals surface area contributed by atoms with E-state index in [1.54, 1.807) is 35.8 Å². The van der Waals surface area contributed by atoms with Crippen LogP contribution in [0.4, 0.5) is 5.69 Å². The van der Waals surface area contributed by atoms with Gasteiger partial charge in [0, 0.05) is 13.0 Å². The van der Waals surface area contributed by atoms with Gasteiger partial charge in [0.05, 0.1) is 30.7 Å². The summed E-state index contributed by atoms with van der Waals surface area (Å²) >= 11 is 0. The van der Waals surface area contributed by atoms with Crippen LogP contribution >= 0.6 is 0 Å². The lowest BCUT2D eigenvalue weighted by Crippen LogP contribution is -2.22. The normalized spacial score (nSPS) is 10.8. The maximum atomic E-state index is 12.8. The summed E-state index contributed by atoms with van der Waals surface area (Å²) in [5.74, 6) is -0.781. The lowest BCUT2D eigenvalue weighted by molar-refractivity contribution is -0.116. The van der Waals surface area contributed by atoms with Crippen molar-refractivity contribution in [2.75, 3.05) is 11.9 Å². The van der Waals surface area contributed by atoms with Gasteiger partial charge in [-0.3, -0.25) is 14.2 Å². The molecule has 0 radical (unpaired) electrons. The lowest BCUT2D eigenvalue weighted by atomic mass is 10.1. The highest BCUT2D eigenvalue weighted by Crippen LogP contribution is 2.17. The minimum absolute atomic E-state index is 0.109. The lowest BCUT2D eigenvalue weighted by Gasteiger charge is -2.10. The van der Waals surface area contributed by atoms with Crippen molar-refractivity contribution in [2.45, 2.75) is 26.4 Å². The molecule has 1 amide bonds. The third kappa shape index (κ3) is 4.98. The van der Waals surface area contributed by atoms with Gasteiger partial charge in [-0.15, -0.1) is 0 Å². The van der Waals surface area contributed by atoms with E-state index in [2.05, 4.69) is 15.3 Å². The Labute approximate surface area is 189 Å². The number of rotatable bonds is 8. The zero-order chi connectivity index (χ0) is 23.2. The van der Waals surface area contributed by atoms with Gasteiger partial charge in [0.15, 0.2) is 11.2 Å². The topological polar surface area (TPSA) is 108 Å². The SMILES string of the molecule is CCOC(=O)c1ccccc1NC(=O)CCn1cnc2c(=O)n(Cc3ccccc3)cnc21. The van der Waals surface area contributed by atoms with E-state index in [9.17, 15) is 14.4 Å². The number of fused-ring (bicyclic) bond motifs is 1. The molecule has 0 bridgehead atoms. The number of anilines is 1. The second-order valence-electron chi connectivity index (χ2n) is 7.34. The third-order valence-corrected chi connectivity index (χ3v) is 5.06. The second kappa shape index (κ2) is 9.90.